The zero-order valence-electron chi connectivity index (χ0n) is 12.1. The molecule has 0 radical (unpaired) electrons. The Morgan fingerprint density at radius 1 is 1.53 bits per heavy atom. The maximum atomic E-state index is 11.9. The summed E-state index contributed by atoms with van der Waals surface area (Å²) in [6.07, 6.45) is 3.46. The van der Waals surface area contributed by atoms with Crippen LogP contribution in [0.4, 0.5) is 0 Å². The molecule has 1 N–H and O–H groups in total. The minimum Gasteiger partial charge on any atom is -0.468 e. The van der Waals surface area contributed by atoms with E-state index in [0.717, 1.165) is 6.42 Å². The molecule has 7 heteroatoms. The molecule has 1 fully saturated rings. The van der Waals surface area contributed by atoms with Gasteiger partial charge in [0.25, 0.3) is 0 Å². The molecular formula is C12H24N2O4S. The summed E-state index contributed by atoms with van der Waals surface area (Å²) in [7, 11) is 2.10. The Labute approximate surface area is 115 Å². The van der Waals surface area contributed by atoms with Crippen LogP contribution in [0.25, 0.3) is 0 Å². The fourth-order valence-electron chi connectivity index (χ4n) is 2.60. The average Bonchev–Trinajstić information content (AvgIpc) is 2.79. The number of hydrogen-bond donors (Lipinski definition) is 1. The molecule has 0 aromatic carbocycles. The van der Waals surface area contributed by atoms with E-state index in [-0.39, 0.29) is 17.8 Å². The first-order valence-electron chi connectivity index (χ1n) is 6.39. The summed E-state index contributed by atoms with van der Waals surface area (Å²) in [5, 5.41) is 3.07. The minimum atomic E-state index is -2.95. The van der Waals surface area contributed by atoms with E-state index in [1.54, 1.807) is 7.05 Å². The van der Waals surface area contributed by atoms with Gasteiger partial charge in [0, 0.05) is 18.8 Å². The molecule has 0 spiro atoms. The summed E-state index contributed by atoms with van der Waals surface area (Å²) in [5.41, 5.74) is -0.626. The highest BCUT2D eigenvalue weighted by molar-refractivity contribution is 7.90. The normalized spacial score (nSPS) is 27.7. The number of likely N-dealkylation sites (N-methyl/N-ethyl adjacent to an activating group) is 1. The van der Waals surface area contributed by atoms with Crippen molar-refractivity contribution in [3.63, 3.8) is 0 Å². The van der Waals surface area contributed by atoms with Crippen LogP contribution in [0.5, 0.6) is 0 Å². The number of carbonyl (C=O) groups is 1. The molecule has 2 atom stereocenters. The molecule has 0 aromatic rings. The first-order valence-corrected chi connectivity index (χ1v) is 8.45. The molecule has 1 saturated carbocycles. The van der Waals surface area contributed by atoms with E-state index < -0.39 is 15.4 Å². The number of nitrogens with one attached hydrogen (secondary N) is 1. The smallest absolute Gasteiger partial charge is 0.326 e. The number of nitrogens with zero attached hydrogens (tertiary/aromatic N) is 1. The van der Waals surface area contributed by atoms with Crippen molar-refractivity contribution in [1.29, 1.82) is 0 Å². The van der Waals surface area contributed by atoms with Gasteiger partial charge in [0.1, 0.15) is 15.4 Å². The lowest BCUT2D eigenvalue weighted by Gasteiger charge is -2.28. The monoisotopic (exact) mass is 292 g/mol. The fraction of sp³-hybridized carbons (Fsp3) is 0.917. The lowest BCUT2D eigenvalue weighted by Crippen LogP contribution is -2.50. The van der Waals surface area contributed by atoms with Crippen molar-refractivity contribution in [3.05, 3.63) is 0 Å². The Morgan fingerprint density at radius 2 is 2.16 bits per heavy atom. The van der Waals surface area contributed by atoms with E-state index in [1.807, 2.05) is 11.9 Å². The average molecular weight is 292 g/mol. The molecule has 6 nitrogen and oxygen atoms in total. The summed E-state index contributed by atoms with van der Waals surface area (Å²) in [6, 6.07) is 0.202. The van der Waals surface area contributed by atoms with Crippen molar-refractivity contribution in [2.75, 3.05) is 39.8 Å². The van der Waals surface area contributed by atoms with Gasteiger partial charge in [0.05, 0.1) is 12.9 Å². The van der Waals surface area contributed by atoms with E-state index in [9.17, 15) is 13.2 Å². The van der Waals surface area contributed by atoms with Crippen LogP contribution in [0.1, 0.15) is 19.3 Å². The largest absolute Gasteiger partial charge is 0.468 e. The Hall–Kier alpha value is -0.660. The van der Waals surface area contributed by atoms with Gasteiger partial charge in [-0.1, -0.05) is 0 Å². The highest BCUT2D eigenvalue weighted by atomic mass is 32.2. The van der Waals surface area contributed by atoms with E-state index in [4.69, 9.17) is 4.74 Å². The van der Waals surface area contributed by atoms with Crippen molar-refractivity contribution >= 4 is 15.8 Å². The van der Waals surface area contributed by atoms with Crippen LogP contribution in [0.15, 0.2) is 0 Å². The van der Waals surface area contributed by atoms with E-state index >= 15 is 0 Å². The number of ether oxygens (including phenoxy) is 1. The zero-order valence-corrected chi connectivity index (χ0v) is 12.9. The third-order valence-electron chi connectivity index (χ3n) is 3.98. The number of methoxy groups -OCH3 is 1. The van der Waals surface area contributed by atoms with Crippen LogP contribution in [0.2, 0.25) is 0 Å². The van der Waals surface area contributed by atoms with Gasteiger partial charge in [-0.2, -0.15) is 0 Å². The first-order chi connectivity index (χ1) is 8.74. The van der Waals surface area contributed by atoms with Crippen LogP contribution in [-0.4, -0.2) is 70.6 Å². The summed E-state index contributed by atoms with van der Waals surface area (Å²) >= 11 is 0. The van der Waals surface area contributed by atoms with E-state index in [0.29, 0.717) is 19.4 Å². The second-order valence-electron chi connectivity index (χ2n) is 5.33. The van der Waals surface area contributed by atoms with Crippen molar-refractivity contribution in [2.24, 2.45) is 0 Å². The van der Waals surface area contributed by atoms with Gasteiger partial charge in [-0.05, 0) is 33.4 Å². The van der Waals surface area contributed by atoms with Gasteiger partial charge < -0.3 is 15.0 Å². The number of rotatable bonds is 6. The summed E-state index contributed by atoms with van der Waals surface area (Å²) < 4.78 is 27.2. The second-order valence-corrected chi connectivity index (χ2v) is 7.59. The third kappa shape index (κ3) is 4.15. The van der Waals surface area contributed by atoms with Crippen molar-refractivity contribution in [3.8, 4) is 0 Å². The van der Waals surface area contributed by atoms with Crippen LogP contribution in [0.3, 0.4) is 0 Å². The van der Waals surface area contributed by atoms with E-state index in [1.165, 1.54) is 13.4 Å². The maximum absolute atomic E-state index is 11.9. The van der Waals surface area contributed by atoms with Gasteiger partial charge in [-0.15, -0.1) is 0 Å². The van der Waals surface area contributed by atoms with E-state index in [2.05, 4.69) is 5.32 Å². The predicted molar refractivity (Wildman–Crippen MR) is 73.8 cm³/mol. The minimum absolute atomic E-state index is 0.144. The summed E-state index contributed by atoms with van der Waals surface area (Å²) in [4.78, 5) is 13.9. The molecule has 1 aliphatic carbocycles. The van der Waals surface area contributed by atoms with Crippen LogP contribution >= 0.6 is 0 Å². The number of sulfone groups is 1. The van der Waals surface area contributed by atoms with Gasteiger partial charge in [0.2, 0.25) is 0 Å². The van der Waals surface area contributed by atoms with Gasteiger partial charge >= 0.3 is 5.97 Å². The fourth-order valence-corrected chi connectivity index (χ4v) is 3.22. The molecule has 2 unspecified atom stereocenters. The molecule has 0 aromatic heterocycles. The maximum Gasteiger partial charge on any atom is 0.326 e. The van der Waals surface area contributed by atoms with Gasteiger partial charge in [-0.3, -0.25) is 4.79 Å². The molecule has 1 rings (SSSR count). The molecule has 0 amide bonds. The molecule has 0 aliphatic heterocycles. The van der Waals surface area contributed by atoms with Crippen molar-refractivity contribution < 1.29 is 17.9 Å². The Morgan fingerprint density at radius 3 is 2.63 bits per heavy atom. The number of hydrogen-bond acceptors (Lipinski definition) is 6. The molecule has 1 aliphatic rings. The highest BCUT2D eigenvalue weighted by Gasteiger charge is 2.46. The Kier molecular flexibility index (Phi) is 5.34. The van der Waals surface area contributed by atoms with Gasteiger partial charge in [0.15, 0.2) is 0 Å². The quantitative estimate of drug-likeness (QED) is 0.674. The van der Waals surface area contributed by atoms with Crippen molar-refractivity contribution in [2.45, 2.75) is 30.8 Å². The lowest BCUT2D eigenvalue weighted by atomic mass is 9.97. The molecule has 0 bridgehead atoms. The van der Waals surface area contributed by atoms with Crippen molar-refractivity contribution in [1.82, 2.24) is 10.2 Å². The van der Waals surface area contributed by atoms with Crippen LogP contribution in [0, 0.1) is 0 Å². The molecule has 19 heavy (non-hydrogen) atoms. The summed E-state index contributed by atoms with van der Waals surface area (Å²) in [6.45, 7) is 0.491. The summed E-state index contributed by atoms with van der Waals surface area (Å²) in [5.74, 6) is -0.0980. The van der Waals surface area contributed by atoms with Gasteiger partial charge in [-0.25, -0.2) is 8.42 Å². The molecule has 112 valence electrons. The number of carbonyl (C=O) groups excluding carboxylic acids is 1. The zero-order chi connectivity index (χ0) is 14.7. The lowest BCUT2D eigenvalue weighted by molar-refractivity contribution is -0.148. The van der Waals surface area contributed by atoms with Crippen LogP contribution in [-0.2, 0) is 19.4 Å². The highest BCUT2D eigenvalue weighted by Crippen LogP contribution is 2.33. The topological polar surface area (TPSA) is 75.7 Å². The van der Waals surface area contributed by atoms with Crippen LogP contribution < -0.4 is 5.32 Å². The molecule has 0 saturated heterocycles. The Bertz CT molecular complexity index is 423. The first kappa shape index (κ1) is 16.4. The standard InChI is InChI=1S/C12H24N2O4S/c1-13-12(11(15)18-3)6-5-10(9-12)14(2)7-8-19(4,16)17/h10,13H,5-9H2,1-4H3. The molecule has 0 heterocycles. The SMILES string of the molecule is CNC1(C(=O)OC)CCC(N(C)CCS(C)(=O)=O)C1. The Balaban J connectivity index is 2.62. The molecular weight excluding hydrogens is 268 g/mol. The number of esters is 1. The third-order valence-corrected chi connectivity index (χ3v) is 4.91. The predicted octanol–water partition coefficient (Wildman–Crippen LogP) is -0.353. The second kappa shape index (κ2) is 6.19.